The van der Waals surface area contributed by atoms with Crippen LogP contribution in [0.15, 0.2) is 42.5 Å². The molecule has 4 nitrogen and oxygen atoms in total. The number of allylic oxidation sites excluding steroid dienone is 1. The lowest BCUT2D eigenvalue weighted by Gasteiger charge is -2.13. The molecule has 1 N–H and O–H groups in total. The molecule has 0 atom stereocenters. The third-order valence-electron chi connectivity index (χ3n) is 5.20. The van der Waals surface area contributed by atoms with Crippen LogP contribution in [0.1, 0.15) is 33.9 Å². The van der Waals surface area contributed by atoms with Gasteiger partial charge in [0, 0.05) is 22.1 Å². The van der Waals surface area contributed by atoms with E-state index in [-0.39, 0.29) is 0 Å². The van der Waals surface area contributed by atoms with Crippen molar-refractivity contribution in [1.82, 2.24) is 14.5 Å². The molecule has 0 unspecified atom stereocenters. The van der Waals surface area contributed by atoms with Crippen molar-refractivity contribution in [1.29, 1.82) is 5.26 Å². The van der Waals surface area contributed by atoms with Gasteiger partial charge in [0.2, 0.25) is 0 Å². The highest BCUT2D eigenvalue weighted by Gasteiger charge is 2.14. The number of H-pyrrole nitrogens is 1. The van der Waals surface area contributed by atoms with E-state index < -0.39 is 0 Å². The largest absolute Gasteiger partial charge is 0.337 e. The predicted molar refractivity (Wildman–Crippen MR) is 119 cm³/mol. The Morgan fingerprint density at radius 3 is 2.66 bits per heavy atom. The number of hydrogen-bond donors (Lipinski definition) is 1. The van der Waals surface area contributed by atoms with Crippen LogP contribution >= 0.6 is 11.6 Å². The zero-order chi connectivity index (χ0) is 20.7. The maximum Gasteiger partial charge on any atom is 0.149 e. The number of aromatic amines is 1. The molecule has 0 radical (unpaired) electrons. The van der Waals surface area contributed by atoms with E-state index in [1.165, 1.54) is 0 Å². The third-order valence-corrected chi connectivity index (χ3v) is 5.43. The van der Waals surface area contributed by atoms with E-state index in [1.54, 1.807) is 0 Å². The Balaban J connectivity index is 1.82. The molecule has 0 bridgehead atoms. The predicted octanol–water partition coefficient (Wildman–Crippen LogP) is 6.30. The fraction of sp³-hybridized carbons (Fsp3) is 0.167. The van der Waals surface area contributed by atoms with E-state index >= 15 is 0 Å². The lowest BCUT2D eigenvalue weighted by atomic mass is 10.1. The quantitative estimate of drug-likeness (QED) is 0.410. The van der Waals surface area contributed by atoms with E-state index in [0.29, 0.717) is 16.4 Å². The number of halogens is 1. The first-order valence-electron chi connectivity index (χ1n) is 9.41. The Hall–Kier alpha value is -3.29. The lowest BCUT2D eigenvalue weighted by molar-refractivity contribution is 0.954. The van der Waals surface area contributed by atoms with Gasteiger partial charge in [0.05, 0.1) is 16.6 Å². The van der Waals surface area contributed by atoms with Gasteiger partial charge in [-0.25, -0.2) is 4.98 Å². The van der Waals surface area contributed by atoms with Gasteiger partial charge in [-0.15, -0.1) is 0 Å². The number of benzene rings is 2. The van der Waals surface area contributed by atoms with E-state index in [1.807, 2.05) is 49.4 Å². The van der Waals surface area contributed by atoms with Crippen LogP contribution in [-0.2, 0) is 0 Å². The summed E-state index contributed by atoms with van der Waals surface area (Å²) in [5, 5.41) is 10.5. The van der Waals surface area contributed by atoms with Crippen molar-refractivity contribution in [2.45, 2.75) is 27.7 Å². The first-order valence-corrected chi connectivity index (χ1v) is 9.79. The number of nitriles is 1. The molecule has 29 heavy (non-hydrogen) atoms. The molecular formula is C24H21ClN4. The summed E-state index contributed by atoms with van der Waals surface area (Å²) in [6, 6.07) is 16.3. The van der Waals surface area contributed by atoms with Crippen LogP contribution in [0.5, 0.6) is 0 Å². The number of rotatable bonds is 3. The molecule has 2 aromatic carbocycles. The molecule has 144 valence electrons. The van der Waals surface area contributed by atoms with E-state index in [0.717, 1.165) is 44.8 Å². The van der Waals surface area contributed by atoms with Gasteiger partial charge >= 0.3 is 0 Å². The summed E-state index contributed by atoms with van der Waals surface area (Å²) >= 11 is 6.23. The Kier molecular flexibility index (Phi) is 4.77. The van der Waals surface area contributed by atoms with Crippen LogP contribution in [0.3, 0.4) is 0 Å². The summed E-state index contributed by atoms with van der Waals surface area (Å²) in [6.07, 6.45) is 1.89. The first-order chi connectivity index (χ1) is 13.9. The van der Waals surface area contributed by atoms with Gasteiger partial charge in [-0.05, 0) is 80.8 Å². The molecule has 2 heterocycles. The van der Waals surface area contributed by atoms with E-state index in [2.05, 4.69) is 47.4 Å². The van der Waals surface area contributed by atoms with Crippen LogP contribution < -0.4 is 0 Å². The maximum atomic E-state index is 9.78. The topological polar surface area (TPSA) is 57.4 Å². The van der Waals surface area contributed by atoms with Crippen LogP contribution in [0, 0.1) is 39.0 Å². The average Bonchev–Trinajstić information content (AvgIpc) is 3.22. The van der Waals surface area contributed by atoms with Gasteiger partial charge in [0.15, 0.2) is 0 Å². The number of nitrogens with one attached hydrogen (secondary N) is 1. The van der Waals surface area contributed by atoms with Crippen molar-refractivity contribution in [3.63, 3.8) is 0 Å². The summed E-state index contributed by atoms with van der Waals surface area (Å²) in [7, 11) is 0. The Labute approximate surface area is 175 Å². The molecule has 4 aromatic rings. The summed E-state index contributed by atoms with van der Waals surface area (Å²) in [6.45, 7) is 8.21. The van der Waals surface area contributed by atoms with Gasteiger partial charge in [0.25, 0.3) is 0 Å². The SMILES string of the molecule is Cc1ccc2nc(C(C#N)=Cc3cc(C)n(-c4cc(Cl)ccc4C)c3C)[nH]c2c1. The number of aromatic nitrogens is 3. The molecule has 5 heteroatoms. The number of nitrogens with zero attached hydrogens (tertiary/aromatic N) is 3. The molecule has 4 rings (SSSR count). The van der Waals surface area contributed by atoms with Gasteiger partial charge in [-0.2, -0.15) is 5.26 Å². The molecule has 0 fully saturated rings. The maximum absolute atomic E-state index is 9.78. The second-order valence-electron chi connectivity index (χ2n) is 7.37. The molecule has 0 aliphatic heterocycles. The van der Waals surface area contributed by atoms with Gasteiger partial charge in [-0.1, -0.05) is 23.7 Å². The van der Waals surface area contributed by atoms with E-state index in [4.69, 9.17) is 11.6 Å². The van der Waals surface area contributed by atoms with Crippen molar-refractivity contribution in [2.24, 2.45) is 0 Å². The van der Waals surface area contributed by atoms with Crippen molar-refractivity contribution in [3.05, 3.63) is 81.4 Å². The Bertz CT molecular complexity index is 1310. The van der Waals surface area contributed by atoms with Gasteiger partial charge < -0.3 is 9.55 Å². The number of imidazole rings is 1. The highest BCUT2D eigenvalue weighted by molar-refractivity contribution is 6.30. The van der Waals surface area contributed by atoms with Crippen molar-refractivity contribution in [2.75, 3.05) is 0 Å². The van der Waals surface area contributed by atoms with Crippen LogP contribution in [0.2, 0.25) is 5.02 Å². The Morgan fingerprint density at radius 2 is 1.90 bits per heavy atom. The summed E-state index contributed by atoms with van der Waals surface area (Å²) in [5.74, 6) is 0.580. The molecule has 0 aliphatic carbocycles. The highest BCUT2D eigenvalue weighted by Crippen LogP contribution is 2.28. The first kappa shape index (κ1) is 19.0. The molecule has 0 amide bonds. The normalized spacial score (nSPS) is 11.8. The number of fused-ring (bicyclic) bond motifs is 1. The highest BCUT2D eigenvalue weighted by atomic mass is 35.5. The fourth-order valence-corrected chi connectivity index (χ4v) is 3.85. The fourth-order valence-electron chi connectivity index (χ4n) is 3.69. The minimum atomic E-state index is 0.502. The molecular weight excluding hydrogens is 380 g/mol. The zero-order valence-corrected chi connectivity index (χ0v) is 17.6. The molecule has 0 saturated carbocycles. The van der Waals surface area contributed by atoms with Crippen LogP contribution in [-0.4, -0.2) is 14.5 Å². The minimum absolute atomic E-state index is 0.502. The second kappa shape index (κ2) is 7.27. The third kappa shape index (κ3) is 3.46. The standard InChI is InChI=1S/C24H21ClN4/c1-14-5-8-21-22(9-14)28-24(27-21)19(13-26)11-18-10-16(3)29(17(18)4)23-12-20(25)7-6-15(23)2/h5-12H,1-4H3,(H,27,28). The summed E-state index contributed by atoms with van der Waals surface area (Å²) in [5.41, 5.74) is 8.73. The van der Waals surface area contributed by atoms with Crippen LogP contribution in [0.25, 0.3) is 28.4 Å². The van der Waals surface area contributed by atoms with E-state index in [9.17, 15) is 5.26 Å². The average molecular weight is 401 g/mol. The minimum Gasteiger partial charge on any atom is -0.337 e. The molecule has 0 saturated heterocycles. The van der Waals surface area contributed by atoms with Crippen molar-refractivity contribution in [3.8, 4) is 11.8 Å². The summed E-state index contributed by atoms with van der Waals surface area (Å²) < 4.78 is 2.17. The molecule has 0 spiro atoms. The smallest absolute Gasteiger partial charge is 0.149 e. The number of hydrogen-bond acceptors (Lipinski definition) is 2. The molecule has 0 aliphatic rings. The Morgan fingerprint density at radius 1 is 1.10 bits per heavy atom. The molecule has 2 aromatic heterocycles. The van der Waals surface area contributed by atoms with Crippen molar-refractivity contribution < 1.29 is 0 Å². The van der Waals surface area contributed by atoms with Crippen molar-refractivity contribution >= 4 is 34.3 Å². The number of aryl methyl sites for hydroxylation is 3. The van der Waals surface area contributed by atoms with Gasteiger partial charge in [-0.3, -0.25) is 0 Å². The summed E-state index contributed by atoms with van der Waals surface area (Å²) in [4.78, 5) is 7.86. The lowest BCUT2D eigenvalue weighted by Crippen LogP contribution is -2.01. The second-order valence-corrected chi connectivity index (χ2v) is 7.80. The van der Waals surface area contributed by atoms with Crippen LogP contribution in [0.4, 0.5) is 0 Å². The monoisotopic (exact) mass is 400 g/mol. The zero-order valence-electron chi connectivity index (χ0n) is 16.8. The van der Waals surface area contributed by atoms with Gasteiger partial charge in [0.1, 0.15) is 11.9 Å².